The van der Waals surface area contributed by atoms with Crippen molar-refractivity contribution in [2.24, 2.45) is 0 Å². The predicted molar refractivity (Wildman–Crippen MR) is 158 cm³/mol. The van der Waals surface area contributed by atoms with Crippen LogP contribution < -0.4 is 16.0 Å². The summed E-state index contributed by atoms with van der Waals surface area (Å²) < 4.78 is 0. The minimum atomic E-state index is -0.669. The van der Waals surface area contributed by atoms with Gasteiger partial charge in [0, 0.05) is 40.3 Å². The van der Waals surface area contributed by atoms with Crippen molar-refractivity contribution in [1.82, 2.24) is 10.3 Å². The number of thioether (sulfide) groups is 1. The van der Waals surface area contributed by atoms with Crippen molar-refractivity contribution in [1.29, 1.82) is 0 Å². The highest BCUT2D eigenvalue weighted by atomic mass is 32.2. The van der Waals surface area contributed by atoms with Crippen molar-refractivity contribution in [3.8, 4) is 0 Å². The molecule has 0 bridgehead atoms. The number of aromatic nitrogens is 1. The van der Waals surface area contributed by atoms with Crippen LogP contribution >= 0.6 is 11.8 Å². The summed E-state index contributed by atoms with van der Waals surface area (Å²) in [5.74, 6) is -1.38. The lowest BCUT2D eigenvalue weighted by Crippen LogP contribution is -2.30. The first-order valence-corrected chi connectivity index (χ1v) is 13.3. The maximum absolute atomic E-state index is 13.3. The normalized spacial score (nSPS) is 11.7. The van der Waals surface area contributed by atoms with Gasteiger partial charge in [-0.15, -0.1) is 11.8 Å². The van der Waals surface area contributed by atoms with E-state index in [2.05, 4.69) is 20.9 Å². The van der Waals surface area contributed by atoms with Gasteiger partial charge in [-0.05, 0) is 67.6 Å². The van der Waals surface area contributed by atoms with E-state index in [0.717, 1.165) is 4.90 Å². The number of nitro groups is 1. The summed E-state index contributed by atoms with van der Waals surface area (Å²) in [6, 6.07) is 24.4. The summed E-state index contributed by atoms with van der Waals surface area (Å²) in [5, 5.41) is 19.2. The first-order valence-electron chi connectivity index (χ1n) is 12.4. The van der Waals surface area contributed by atoms with Crippen LogP contribution in [0.3, 0.4) is 0 Å². The number of carbonyl (C=O) groups excluding carboxylic acids is 3. The monoisotopic (exact) mass is 567 g/mol. The van der Waals surface area contributed by atoms with E-state index in [1.54, 1.807) is 92.1 Å². The van der Waals surface area contributed by atoms with Gasteiger partial charge in [0.05, 0.1) is 15.7 Å². The predicted octanol–water partition coefficient (Wildman–Crippen LogP) is 5.52. The van der Waals surface area contributed by atoms with Gasteiger partial charge in [0.25, 0.3) is 17.5 Å². The van der Waals surface area contributed by atoms with Crippen molar-refractivity contribution in [3.05, 3.63) is 130 Å². The Hall–Kier alpha value is -5.29. The Bertz CT molecular complexity index is 1580. The number of rotatable bonds is 10. The van der Waals surface area contributed by atoms with E-state index >= 15 is 0 Å². The highest BCUT2D eigenvalue weighted by molar-refractivity contribution is 8.00. The van der Waals surface area contributed by atoms with E-state index < -0.39 is 22.0 Å². The lowest BCUT2D eigenvalue weighted by molar-refractivity contribution is -0.385. The van der Waals surface area contributed by atoms with Gasteiger partial charge < -0.3 is 16.0 Å². The highest BCUT2D eigenvalue weighted by Gasteiger charge is 2.19. The van der Waals surface area contributed by atoms with Crippen LogP contribution in [0.15, 0.2) is 114 Å². The van der Waals surface area contributed by atoms with Crippen LogP contribution in [-0.4, -0.2) is 32.9 Å². The molecule has 3 N–H and O–H groups in total. The van der Waals surface area contributed by atoms with Gasteiger partial charge in [0.1, 0.15) is 5.70 Å². The topological polar surface area (TPSA) is 143 Å². The summed E-state index contributed by atoms with van der Waals surface area (Å²) in [7, 11) is 0. The number of nitro benzene ring substituents is 1. The molecule has 1 atom stereocenters. The molecular weight excluding hydrogens is 542 g/mol. The number of benzene rings is 3. The van der Waals surface area contributed by atoms with Gasteiger partial charge >= 0.3 is 0 Å². The molecule has 1 heterocycles. The first kappa shape index (κ1) is 28.7. The molecule has 41 heavy (non-hydrogen) atoms. The number of para-hydroxylation sites is 1. The molecule has 0 spiro atoms. The number of nitrogens with zero attached hydrogens (tertiary/aromatic N) is 2. The molecule has 0 aliphatic rings. The van der Waals surface area contributed by atoms with Crippen LogP contribution in [0.25, 0.3) is 6.08 Å². The zero-order chi connectivity index (χ0) is 29.2. The van der Waals surface area contributed by atoms with Gasteiger partial charge in [-0.25, -0.2) is 0 Å². The van der Waals surface area contributed by atoms with E-state index in [1.807, 2.05) is 0 Å². The third-order valence-electron chi connectivity index (χ3n) is 5.70. The number of hydrogen-bond acceptors (Lipinski definition) is 7. The molecule has 11 heteroatoms. The van der Waals surface area contributed by atoms with Crippen molar-refractivity contribution in [2.45, 2.75) is 17.1 Å². The number of anilines is 2. The summed E-state index contributed by atoms with van der Waals surface area (Å²) >= 11 is 1.34. The number of pyridine rings is 1. The van der Waals surface area contributed by atoms with E-state index in [9.17, 15) is 24.5 Å². The average Bonchev–Trinajstić information content (AvgIpc) is 2.98. The molecule has 0 aliphatic heterocycles. The fourth-order valence-corrected chi connectivity index (χ4v) is 4.49. The Morgan fingerprint density at radius 3 is 2.17 bits per heavy atom. The van der Waals surface area contributed by atoms with Crippen LogP contribution in [0.1, 0.15) is 22.8 Å². The van der Waals surface area contributed by atoms with Gasteiger partial charge in [0.15, 0.2) is 0 Å². The molecule has 1 aromatic heterocycles. The van der Waals surface area contributed by atoms with Gasteiger partial charge in [-0.3, -0.25) is 29.5 Å². The molecule has 0 fully saturated rings. The van der Waals surface area contributed by atoms with Gasteiger partial charge in [0.2, 0.25) is 5.91 Å². The van der Waals surface area contributed by atoms with E-state index in [1.165, 1.54) is 36.0 Å². The molecule has 0 saturated carbocycles. The third kappa shape index (κ3) is 8.10. The lowest BCUT2D eigenvalue weighted by atomic mass is 10.1. The smallest absolute Gasteiger partial charge is 0.276 e. The van der Waals surface area contributed by atoms with E-state index in [-0.39, 0.29) is 22.9 Å². The Morgan fingerprint density at radius 1 is 0.854 bits per heavy atom. The van der Waals surface area contributed by atoms with Gasteiger partial charge in [-0.1, -0.05) is 30.3 Å². The van der Waals surface area contributed by atoms with Crippen molar-refractivity contribution in [2.75, 3.05) is 10.6 Å². The van der Waals surface area contributed by atoms with E-state index in [0.29, 0.717) is 16.9 Å². The SMILES string of the molecule is CC(Sc1ccc(NC(=O)/C(=C/c2ccccc2[N+](=O)[O-])NC(=O)c2ccccc2)cc1)C(=O)Nc1ccncc1. The fraction of sp³-hybridized carbons (Fsp3) is 0.0667. The zero-order valence-corrected chi connectivity index (χ0v) is 22.6. The maximum Gasteiger partial charge on any atom is 0.276 e. The molecule has 0 aliphatic carbocycles. The summed E-state index contributed by atoms with van der Waals surface area (Å²) in [5.41, 5.74) is 1.16. The Labute approximate surface area is 240 Å². The summed E-state index contributed by atoms with van der Waals surface area (Å²) in [4.78, 5) is 54.3. The molecule has 0 radical (unpaired) electrons. The second kappa shape index (κ2) is 13.7. The molecular formula is C30H25N5O5S. The highest BCUT2D eigenvalue weighted by Crippen LogP contribution is 2.26. The standard InChI is InChI=1S/C30H25N5O5S/c1-20(28(36)32-24-15-17-31-18-16-24)41-25-13-11-23(12-14-25)33-30(38)26(34-29(37)21-7-3-2-4-8-21)19-22-9-5-6-10-27(22)35(39)40/h2-20H,1H3,(H,33,38)(H,34,37)(H,31,32,36)/b26-19-. The second-order valence-corrected chi connectivity index (χ2v) is 10.1. The van der Waals surface area contributed by atoms with Crippen LogP contribution in [-0.2, 0) is 9.59 Å². The molecule has 206 valence electrons. The lowest BCUT2D eigenvalue weighted by Gasteiger charge is -2.13. The first-order chi connectivity index (χ1) is 19.8. The van der Waals surface area contributed by atoms with Crippen LogP contribution in [0.2, 0.25) is 0 Å². The Balaban J connectivity index is 1.48. The Kier molecular flexibility index (Phi) is 9.57. The largest absolute Gasteiger partial charge is 0.325 e. The second-order valence-electron chi connectivity index (χ2n) is 8.66. The van der Waals surface area contributed by atoms with Gasteiger partial charge in [-0.2, -0.15) is 0 Å². The van der Waals surface area contributed by atoms with Crippen molar-refractivity contribution < 1.29 is 19.3 Å². The maximum atomic E-state index is 13.3. The quantitative estimate of drug-likeness (QED) is 0.0991. The van der Waals surface area contributed by atoms with Crippen molar-refractivity contribution >= 4 is 52.6 Å². The number of amides is 3. The molecule has 0 saturated heterocycles. The molecule has 3 amide bonds. The molecule has 10 nitrogen and oxygen atoms in total. The van der Waals surface area contributed by atoms with Crippen molar-refractivity contribution in [3.63, 3.8) is 0 Å². The third-order valence-corrected chi connectivity index (χ3v) is 6.82. The van der Waals surface area contributed by atoms with Crippen LogP contribution in [0.4, 0.5) is 17.1 Å². The number of carbonyl (C=O) groups is 3. The molecule has 1 unspecified atom stereocenters. The van der Waals surface area contributed by atoms with E-state index in [4.69, 9.17) is 0 Å². The average molecular weight is 568 g/mol. The number of nitrogens with one attached hydrogen (secondary N) is 3. The Morgan fingerprint density at radius 2 is 1.49 bits per heavy atom. The van der Waals surface area contributed by atoms with Crippen LogP contribution in [0, 0.1) is 10.1 Å². The van der Waals surface area contributed by atoms with Crippen LogP contribution in [0.5, 0.6) is 0 Å². The minimum Gasteiger partial charge on any atom is -0.325 e. The number of hydrogen-bond donors (Lipinski definition) is 3. The molecule has 3 aromatic carbocycles. The molecule has 4 aromatic rings. The summed E-state index contributed by atoms with van der Waals surface area (Å²) in [6.45, 7) is 1.78. The zero-order valence-electron chi connectivity index (χ0n) is 21.8. The summed E-state index contributed by atoms with van der Waals surface area (Å²) in [6.07, 6.45) is 4.45. The fourth-order valence-electron chi connectivity index (χ4n) is 3.63. The minimum absolute atomic E-state index is 0.154. The molecule has 4 rings (SSSR count).